The molecule has 3 N–H and O–H groups in total. The fourth-order valence-corrected chi connectivity index (χ4v) is 5.17. The van der Waals surface area contributed by atoms with Gasteiger partial charge in [0.15, 0.2) is 0 Å². The third-order valence-corrected chi connectivity index (χ3v) is 7.76. The summed E-state index contributed by atoms with van der Waals surface area (Å²) in [6.07, 6.45) is 3.31. The molecule has 0 bridgehead atoms. The van der Waals surface area contributed by atoms with Crippen LogP contribution in [0.25, 0.3) is 10.4 Å². The molecule has 178 valence electrons. The van der Waals surface area contributed by atoms with Crippen LogP contribution in [0, 0.1) is 0 Å². The second-order valence-electron chi connectivity index (χ2n) is 7.30. The van der Waals surface area contributed by atoms with Crippen molar-refractivity contribution in [1.29, 1.82) is 0 Å². The fourth-order valence-electron chi connectivity index (χ4n) is 3.05. The maximum Gasteiger partial charge on any atom is 0.281 e. The second-order valence-corrected chi connectivity index (χ2v) is 10.1. The molecule has 0 atom stereocenters. The third-order valence-electron chi connectivity index (χ3n) is 4.92. The quantitative estimate of drug-likeness (QED) is 0.197. The Bertz CT molecular complexity index is 1420. The number of aromatic nitrogens is 1. The van der Waals surface area contributed by atoms with Crippen molar-refractivity contribution in [2.24, 2.45) is 5.10 Å². The molecule has 0 saturated carbocycles. The summed E-state index contributed by atoms with van der Waals surface area (Å²) in [5.74, 6) is -0.696. The number of hydrogen-bond donors (Lipinski definition) is 3. The number of aromatic hydroxyl groups is 1. The molecule has 0 aliphatic carbocycles. The maximum absolute atomic E-state index is 12.5. The van der Waals surface area contributed by atoms with E-state index in [-0.39, 0.29) is 11.7 Å². The highest BCUT2D eigenvalue weighted by Gasteiger charge is 2.17. The number of rotatable bonds is 7. The summed E-state index contributed by atoms with van der Waals surface area (Å²) < 4.78 is 0. The van der Waals surface area contributed by atoms with E-state index in [2.05, 4.69) is 20.8 Å². The number of benzene rings is 1. The van der Waals surface area contributed by atoms with Crippen LogP contribution in [-0.4, -0.2) is 27.6 Å². The predicted octanol–water partition coefficient (Wildman–Crippen LogP) is 5.97. The molecule has 35 heavy (non-hydrogen) atoms. The van der Waals surface area contributed by atoms with Crippen LogP contribution in [0.3, 0.4) is 0 Å². The van der Waals surface area contributed by atoms with Gasteiger partial charge in [0.2, 0.25) is 0 Å². The molecular weight excluding hydrogens is 527 g/mol. The van der Waals surface area contributed by atoms with Crippen LogP contribution in [0.1, 0.15) is 37.4 Å². The Morgan fingerprint density at radius 2 is 1.74 bits per heavy atom. The summed E-state index contributed by atoms with van der Waals surface area (Å²) in [6, 6.07) is 11.9. The van der Waals surface area contributed by atoms with Crippen molar-refractivity contribution in [3.05, 3.63) is 91.2 Å². The summed E-state index contributed by atoms with van der Waals surface area (Å²) >= 11 is 14.4. The second kappa shape index (κ2) is 11.0. The summed E-state index contributed by atoms with van der Waals surface area (Å²) in [6.45, 7) is 2.03. The standard InChI is InChI=1S/C24H18Cl2N4O3S2/c1-13(16-12-34-22(21(16)31)15-2-3-17(25)18(26)10-15)29-30-24(33)20-5-4-19(35-20)23(32)28-11-14-6-8-27-9-7-14/h2-10,12,31H,11H2,1H3,(H,28,32)(H,30,33). The zero-order valence-corrected chi connectivity index (χ0v) is 21.4. The Labute approximate surface area is 219 Å². The number of carbonyl (C=O) groups excluding carboxylic acids is 2. The summed E-state index contributed by atoms with van der Waals surface area (Å²) in [5.41, 5.74) is 5.03. The number of pyridine rings is 1. The Balaban J connectivity index is 1.40. The molecule has 0 radical (unpaired) electrons. The summed E-state index contributed by atoms with van der Waals surface area (Å²) in [7, 11) is 0. The van der Waals surface area contributed by atoms with Crippen molar-refractivity contribution in [3.63, 3.8) is 0 Å². The van der Waals surface area contributed by atoms with Gasteiger partial charge >= 0.3 is 0 Å². The lowest BCUT2D eigenvalue weighted by atomic mass is 10.1. The predicted molar refractivity (Wildman–Crippen MR) is 141 cm³/mol. The van der Waals surface area contributed by atoms with E-state index in [1.807, 2.05) is 12.1 Å². The molecule has 4 aromatic rings. The molecule has 1 aromatic carbocycles. The zero-order valence-electron chi connectivity index (χ0n) is 18.2. The minimum Gasteiger partial charge on any atom is -0.506 e. The average molecular weight is 545 g/mol. The lowest BCUT2D eigenvalue weighted by Gasteiger charge is -2.04. The van der Waals surface area contributed by atoms with E-state index in [0.717, 1.165) is 22.5 Å². The van der Waals surface area contributed by atoms with Crippen molar-refractivity contribution in [1.82, 2.24) is 15.7 Å². The van der Waals surface area contributed by atoms with Gasteiger partial charge in [-0.1, -0.05) is 29.3 Å². The van der Waals surface area contributed by atoms with Crippen molar-refractivity contribution in [2.75, 3.05) is 0 Å². The molecule has 3 heterocycles. The van der Waals surface area contributed by atoms with Gasteiger partial charge in [-0.3, -0.25) is 14.6 Å². The van der Waals surface area contributed by atoms with E-state index in [0.29, 0.717) is 42.5 Å². The molecule has 0 fully saturated rings. The lowest BCUT2D eigenvalue weighted by Crippen LogP contribution is -2.21. The van der Waals surface area contributed by atoms with E-state index in [9.17, 15) is 14.7 Å². The molecule has 0 aliphatic heterocycles. The van der Waals surface area contributed by atoms with Gasteiger partial charge in [0.1, 0.15) is 5.75 Å². The Morgan fingerprint density at radius 1 is 1.03 bits per heavy atom. The van der Waals surface area contributed by atoms with Gasteiger partial charge in [0, 0.05) is 24.3 Å². The number of nitrogens with one attached hydrogen (secondary N) is 2. The molecule has 0 saturated heterocycles. The number of thiophene rings is 2. The largest absolute Gasteiger partial charge is 0.506 e. The van der Waals surface area contributed by atoms with Gasteiger partial charge in [0.25, 0.3) is 11.8 Å². The van der Waals surface area contributed by atoms with Crippen LogP contribution in [0.5, 0.6) is 5.75 Å². The number of hydrogen-bond acceptors (Lipinski definition) is 7. The first kappa shape index (κ1) is 24.9. The third kappa shape index (κ3) is 5.88. The Kier molecular flexibility index (Phi) is 7.82. The number of nitrogens with zero attached hydrogens (tertiary/aromatic N) is 2. The number of amides is 2. The van der Waals surface area contributed by atoms with Crippen molar-refractivity contribution < 1.29 is 14.7 Å². The monoisotopic (exact) mass is 544 g/mol. The van der Waals surface area contributed by atoms with Gasteiger partial charge in [0.05, 0.1) is 36.0 Å². The van der Waals surface area contributed by atoms with Crippen LogP contribution in [-0.2, 0) is 6.54 Å². The minimum absolute atomic E-state index is 0.0353. The van der Waals surface area contributed by atoms with Crippen LogP contribution in [0.2, 0.25) is 10.0 Å². The van der Waals surface area contributed by atoms with Gasteiger partial charge in [-0.15, -0.1) is 22.7 Å². The molecule has 0 unspecified atom stereocenters. The van der Waals surface area contributed by atoms with E-state index < -0.39 is 5.91 Å². The van der Waals surface area contributed by atoms with Gasteiger partial charge in [-0.25, -0.2) is 5.43 Å². The topological polar surface area (TPSA) is 104 Å². The normalized spacial score (nSPS) is 11.3. The molecule has 7 nitrogen and oxygen atoms in total. The first-order valence-corrected chi connectivity index (χ1v) is 12.7. The SMILES string of the molecule is CC(=NNC(=O)c1ccc(C(=O)NCc2ccncc2)s1)c1csc(-c2ccc(Cl)c(Cl)c2)c1O. The average Bonchev–Trinajstić information content (AvgIpc) is 3.51. The number of hydrazone groups is 1. The molecule has 0 aliphatic rings. The van der Waals surface area contributed by atoms with E-state index in [1.54, 1.807) is 55.0 Å². The molecule has 11 heteroatoms. The molecule has 3 aromatic heterocycles. The van der Waals surface area contributed by atoms with E-state index in [4.69, 9.17) is 23.2 Å². The lowest BCUT2D eigenvalue weighted by molar-refractivity contribution is 0.0950. The first-order chi connectivity index (χ1) is 16.8. The van der Waals surface area contributed by atoms with Crippen LogP contribution in [0.4, 0.5) is 0 Å². The van der Waals surface area contributed by atoms with E-state index in [1.165, 1.54) is 11.3 Å². The van der Waals surface area contributed by atoms with Gasteiger partial charge in [-0.2, -0.15) is 5.10 Å². The minimum atomic E-state index is -0.457. The van der Waals surface area contributed by atoms with Crippen LogP contribution < -0.4 is 10.7 Å². The van der Waals surface area contributed by atoms with Crippen molar-refractivity contribution in [3.8, 4) is 16.2 Å². The highest BCUT2D eigenvalue weighted by Crippen LogP contribution is 2.40. The Hall–Kier alpha value is -3.24. The molecule has 0 spiro atoms. The molecule has 4 rings (SSSR count). The first-order valence-electron chi connectivity index (χ1n) is 10.2. The zero-order chi connectivity index (χ0) is 24.9. The van der Waals surface area contributed by atoms with Crippen molar-refractivity contribution in [2.45, 2.75) is 13.5 Å². The highest BCUT2D eigenvalue weighted by molar-refractivity contribution is 7.16. The number of halogens is 2. The summed E-state index contributed by atoms with van der Waals surface area (Å²) in [4.78, 5) is 30.2. The van der Waals surface area contributed by atoms with E-state index >= 15 is 0 Å². The molecular formula is C24H18Cl2N4O3S2. The molecule has 2 amide bonds. The maximum atomic E-state index is 12.5. The number of carbonyl (C=O) groups is 2. The van der Waals surface area contributed by atoms with Crippen molar-refractivity contribution >= 4 is 63.4 Å². The Morgan fingerprint density at radius 3 is 2.46 bits per heavy atom. The van der Waals surface area contributed by atoms with Gasteiger partial charge < -0.3 is 10.4 Å². The fraction of sp³-hybridized carbons (Fsp3) is 0.0833. The highest BCUT2D eigenvalue weighted by atomic mass is 35.5. The van der Waals surface area contributed by atoms with Crippen LogP contribution in [0.15, 0.2) is 65.3 Å². The summed E-state index contributed by atoms with van der Waals surface area (Å²) in [5, 5.41) is 20.2. The van der Waals surface area contributed by atoms with Crippen LogP contribution >= 0.6 is 45.9 Å². The smallest absolute Gasteiger partial charge is 0.281 e. The van der Waals surface area contributed by atoms with Gasteiger partial charge in [-0.05, 0) is 54.4 Å².